The molecule has 1 N–H and O–H groups in total. The van der Waals surface area contributed by atoms with Crippen LogP contribution in [0.3, 0.4) is 0 Å². The van der Waals surface area contributed by atoms with Gasteiger partial charge in [0.2, 0.25) is 0 Å². The molecule has 19 heavy (non-hydrogen) atoms. The fourth-order valence-electron chi connectivity index (χ4n) is 3.07. The van der Waals surface area contributed by atoms with Crippen LogP contribution in [0.15, 0.2) is 24.4 Å². The van der Waals surface area contributed by atoms with E-state index >= 15 is 0 Å². The van der Waals surface area contributed by atoms with Gasteiger partial charge in [-0.1, -0.05) is 26.3 Å². The molecular formula is C16H27N3. The van der Waals surface area contributed by atoms with E-state index in [1.165, 1.54) is 31.6 Å². The fourth-order valence-corrected chi connectivity index (χ4v) is 3.07. The summed E-state index contributed by atoms with van der Waals surface area (Å²) >= 11 is 0. The van der Waals surface area contributed by atoms with E-state index in [0.717, 1.165) is 31.5 Å². The summed E-state index contributed by atoms with van der Waals surface area (Å²) in [6.45, 7) is 9.22. The smallest absolute Gasteiger partial charge is 0.0416 e. The predicted octanol–water partition coefficient (Wildman–Crippen LogP) is 2.33. The molecule has 2 rings (SSSR count). The molecule has 1 saturated heterocycles. The lowest BCUT2D eigenvalue weighted by atomic mass is 9.89. The maximum atomic E-state index is 4.41. The lowest BCUT2D eigenvalue weighted by Gasteiger charge is -2.38. The van der Waals surface area contributed by atoms with Crippen molar-refractivity contribution in [2.45, 2.75) is 39.2 Å². The first-order chi connectivity index (χ1) is 9.33. The Hall–Kier alpha value is -0.930. The van der Waals surface area contributed by atoms with Crippen LogP contribution >= 0.6 is 0 Å². The van der Waals surface area contributed by atoms with Gasteiger partial charge in [-0.3, -0.25) is 4.98 Å². The number of rotatable bonds is 6. The number of piperidine rings is 1. The second-order valence-corrected chi connectivity index (χ2v) is 5.49. The van der Waals surface area contributed by atoms with Gasteiger partial charge in [-0.05, 0) is 37.6 Å². The summed E-state index contributed by atoms with van der Waals surface area (Å²) in [6.07, 6.45) is 5.52. The lowest BCUT2D eigenvalue weighted by Crippen LogP contribution is -2.49. The minimum atomic E-state index is 0.723. The summed E-state index contributed by atoms with van der Waals surface area (Å²) in [5, 5.41) is 3.64. The van der Waals surface area contributed by atoms with E-state index < -0.39 is 0 Å². The van der Waals surface area contributed by atoms with Crippen LogP contribution in [0.2, 0.25) is 0 Å². The molecule has 1 fully saturated rings. The molecule has 0 bridgehead atoms. The monoisotopic (exact) mass is 261 g/mol. The minimum absolute atomic E-state index is 0.723. The first-order valence-electron chi connectivity index (χ1n) is 7.69. The number of aromatic nitrogens is 1. The van der Waals surface area contributed by atoms with Gasteiger partial charge in [-0.2, -0.15) is 0 Å². The zero-order valence-electron chi connectivity index (χ0n) is 12.3. The molecule has 3 nitrogen and oxygen atoms in total. The Morgan fingerprint density at radius 3 is 2.95 bits per heavy atom. The normalized spacial score (nSPS) is 24.5. The second-order valence-electron chi connectivity index (χ2n) is 5.49. The highest BCUT2D eigenvalue weighted by Gasteiger charge is 2.26. The number of nitrogens with one attached hydrogen (secondary N) is 1. The fraction of sp³-hybridized carbons (Fsp3) is 0.688. The molecule has 3 heteroatoms. The average Bonchev–Trinajstić information content (AvgIpc) is 2.47. The van der Waals surface area contributed by atoms with Crippen molar-refractivity contribution in [2.75, 3.05) is 26.2 Å². The van der Waals surface area contributed by atoms with Crippen LogP contribution < -0.4 is 5.32 Å². The van der Waals surface area contributed by atoms with Crippen LogP contribution in [0.5, 0.6) is 0 Å². The number of hydrogen-bond donors (Lipinski definition) is 1. The van der Waals surface area contributed by atoms with Crippen molar-refractivity contribution in [2.24, 2.45) is 5.92 Å². The predicted molar refractivity (Wildman–Crippen MR) is 80.2 cm³/mol. The van der Waals surface area contributed by atoms with Crippen molar-refractivity contribution in [3.8, 4) is 0 Å². The van der Waals surface area contributed by atoms with Gasteiger partial charge in [-0.25, -0.2) is 0 Å². The summed E-state index contributed by atoms with van der Waals surface area (Å²) in [7, 11) is 0. The second kappa shape index (κ2) is 7.61. The maximum Gasteiger partial charge on any atom is 0.0416 e. The van der Waals surface area contributed by atoms with Gasteiger partial charge in [0.25, 0.3) is 0 Å². The highest BCUT2D eigenvalue weighted by Crippen LogP contribution is 2.20. The Balaban J connectivity index is 1.80. The largest absolute Gasteiger partial charge is 0.314 e. The highest BCUT2D eigenvalue weighted by atomic mass is 15.1. The molecule has 106 valence electrons. The Bertz CT molecular complexity index is 352. The van der Waals surface area contributed by atoms with Crippen LogP contribution in [-0.4, -0.2) is 42.1 Å². The van der Waals surface area contributed by atoms with Crippen LogP contribution in [0, 0.1) is 5.92 Å². The summed E-state index contributed by atoms with van der Waals surface area (Å²) in [4.78, 5) is 7.02. The molecule has 2 unspecified atom stereocenters. The molecule has 1 aromatic rings. The van der Waals surface area contributed by atoms with Crippen molar-refractivity contribution in [1.82, 2.24) is 15.2 Å². The van der Waals surface area contributed by atoms with E-state index in [-0.39, 0.29) is 0 Å². The molecule has 2 atom stereocenters. The molecule has 1 aromatic heterocycles. The molecule has 0 radical (unpaired) electrons. The van der Waals surface area contributed by atoms with Crippen molar-refractivity contribution >= 4 is 0 Å². The average molecular weight is 261 g/mol. The van der Waals surface area contributed by atoms with Gasteiger partial charge in [0.1, 0.15) is 0 Å². The Morgan fingerprint density at radius 2 is 2.26 bits per heavy atom. The first kappa shape index (κ1) is 14.5. The molecule has 1 aliphatic heterocycles. The molecule has 0 saturated carbocycles. The third-order valence-electron chi connectivity index (χ3n) is 4.22. The number of nitrogens with zero attached hydrogens (tertiary/aromatic N) is 2. The third-order valence-corrected chi connectivity index (χ3v) is 4.22. The van der Waals surface area contributed by atoms with Gasteiger partial charge < -0.3 is 10.2 Å². The summed E-state index contributed by atoms with van der Waals surface area (Å²) in [5.74, 6) is 0.803. The van der Waals surface area contributed by atoms with E-state index in [9.17, 15) is 0 Å². The summed E-state index contributed by atoms with van der Waals surface area (Å²) in [6, 6.07) is 6.91. The van der Waals surface area contributed by atoms with Crippen LogP contribution in [-0.2, 0) is 6.42 Å². The third kappa shape index (κ3) is 4.29. The Labute approximate surface area is 117 Å². The molecule has 0 spiro atoms. The van der Waals surface area contributed by atoms with E-state index in [0.29, 0.717) is 0 Å². The maximum absolute atomic E-state index is 4.41. The van der Waals surface area contributed by atoms with Crippen LogP contribution in [0.4, 0.5) is 0 Å². The molecule has 1 aliphatic rings. The minimum Gasteiger partial charge on any atom is -0.314 e. The van der Waals surface area contributed by atoms with Crippen molar-refractivity contribution in [3.63, 3.8) is 0 Å². The van der Waals surface area contributed by atoms with E-state index in [1.807, 2.05) is 12.3 Å². The Kier molecular flexibility index (Phi) is 5.80. The Morgan fingerprint density at radius 1 is 1.37 bits per heavy atom. The zero-order chi connectivity index (χ0) is 13.5. The van der Waals surface area contributed by atoms with Gasteiger partial charge in [0.05, 0.1) is 0 Å². The van der Waals surface area contributed by atoms with Crippen molar-refractivity contribution in [1.29, 1.82) is 0 Å². The van der Waals surface area contributed by atoms with Gasteiger partial charge in [0, 0.05) is 37.4 Å². The van der Waals surface area contributed by atoms with Crippen LogP contribution in [0.1, 0.15) is 32.4 Å². The quantitative estimate of drug-likeness (QED) is 0.852. The van der Waals surface area contributed by atoms with E-state index in [1.54, 1.807) is 0 Å². The van der Waals surface area contributed by atoms with Crippen molar-refractivity contribution in [3.05, 3.63) is 30.1 Å². The first-order valence-corrected chi connectivity index (χ1v) is 7.69. The standard InChI is InChI=1S/C16H27N3/c1-3-14-13-19(12-9-16(14)17-4-2)11-8-15-7-5-6-10-18-15/h5-7,10,14,16-17H,3-4,8-9,11-13H2,1-2H3. The lowest BCUT2D eigenvalue weighted by molar-refractivity contribution is 0.137. The zero-order valence-corrected chi connectivity index (χ0v) is 12.3. The molecule has 2 heterocycles. The highest BCUT2D eigenvalue weighted by molar-refractivity contribution is 5.04. The van der Waals surface area contributed by atoms with Crippen molar-refractivity contribution < 1.29 is 0 Å². The van der Waals surface area contributed by atoms with Gasteiger partial charge >= 0.3 is 0 Å². The molecule has 0 amide bonds. The molecule has 0 aliphatic carbocycles. The SMILES string of the molecule is CCNC1CCN(CCc2ccccn2)CC1CC. The number of hydrogen-bond acceptors (Lipinski definition) is 3. The van der Waals surface area contributed by atoms with Crippen LogP contribution in [0.25, 0.3) is 0 Å². The molecular weight excluding hydrogens is 234 g/mol. The van der Waals surface area contributed by atoms with Gasteiger partial charge in [0.15, 0.2) is 0 Å². The molecule has 0 aromatic carbocycles. The van der Waals surface area contributed by atoms with E-state index in [2.05, 4.69) is 41.2 Å². The number of likely N-dealkylation sites (tertiary alicyclic amines) is 1. The summed E-state index contributed by atoms with van der Waals surface area (Å²) in [5.41, 5.74) is 1.21. The summed E-state index contributed by atoms with van der Waals surface area (Å²) < 4.78 is 0. The van der Waals surface area contributed by atoms with Gasteiger partial charge in [-0.15, -0.1) is 0 Å². The topological polar surface area (TPSA) is 28.2 Å². The number of pyridine rings is 1. The van der Waals surface area contributed by atoms with E-state index in [4.69, 9.17) is 0 Å².